The highest BCUT2D eigenvalue weighted by Crippen LogP contribution is 2.23. The largest absolute Gasteiger partial charge is 0.370 e. The van der Waals surface area contributed by atoms with Gasteiger partial charge in [-0.2, -0.15) is 0 Å². The standard InChI is InChI=1S/C10H12ClN3/c1-7-6-8(2-3-9(7)11)14-5-4-13-10(14)12/h2-3,6H,4-5H2,1H3,(H2,12,13). The highest BCUT2D eigenvalue weighted by molar-refractivity contribution is 6.31. The molecule has 0 fully saturated rings. The van der Waals surface area contributed by atoms with Gasteiger partial charge in [0, 0.05) is 17.3 Å². The van der Waals surface area contributed by atoms with Crippen LogP contribution in [0.3, 0.4) is 0 Å². The first kappa shape index (κ1) is 9.34. The average Bonchev–Trinajstić information content (AvgIpc) is 2.57. The number of nitrogens with zero attached hydrogens (tertiary/aromatic N) is 2. The van der Waals surface area contributed by atoms with E-state index in [1.54, 1.807) is 0 Å². The third-order valence-corrected chi connectivity index (χ3v) is 2.75. The molecule has 14 heavy (non-hydrogen) atoms. The SMILES string of the molecule is Cc1cc(N2CCN=C2N)ccc1Cl. The van der Waals surface area contributed by atoms with Gasteiger partial charge in [-0.05, 0) is 30.7 Å². The van der Waals surface area contributed by atoms with Crippen LogP contribution in [0.2, 0.25) is 5.02 Å². The number of nitrogens with two attached hydrogens (primary N) is 1. The number of halogens is 1. The maximum Gasteiger partial charge on any atom is 0.195 e. The van der Waals surface area contributed by atoms with Crippen molar-refractivity contribution in [2.24, 2.45) is 10.7 Å². The van der Waals surface area contributed by atoms with Gasteiger partial charge in [-0.15, -0.1) is 0 Å². The Morgan fingerprint density at radius 3 is 2.86 bits per heavy atom. The van der Waals surface area contributed by atoms with Crippen LogP contribution >= 0.6 is 11.6 Å². The molecule has 0 amide bonds. The quantitative estimate of drug-likeness (QED) is 0.766. The van der Waals surface area contributed by atoms with E-state index >= 15 is 0 Å². The lowest BCUT2D eigenvalue weighted by atomic mass is 10.2. The molecule has 1 aliphatic rings. The highest BCUT2D eigenvalue weighted by Gasteiger charge is 2.15. The summed E-state index contributed by atoms with van der Waals surface area (Å²) in [6.45, 7) is 3.61. The fraction of sp³-hybridized carbons (Fsp3) is 0.300. The molecule has 4 heteroatoms. The molecule has 1 aliphatic heterocycles. The number of rotatable bonds is 1. The van der Waals surface area contributed by atoms with E-state index in [4.69, 9.17) is 17.3 Å². The van der Waals surface area contributed by atoms with Crippen molar-refractivity contribution in [3.8, 4) is 0 Å². The Morgan fingerprint density at radius 1 is 1.50 bits per heavy atom. The summed E-state index contributed by atoms with van der Waals surface area (Å²) in [6.07, 6.45) is 0. The van der Waals surface area contributed by atoms with Crippen molar-refractivity contribution >= 4 is 23.2 Å². The number of hydrogen-bond acceptors (Lipinski definition) is 3. The molecule has 1 aromatic carbocycles. The van der Waals surface area contributed by atoms with E-state index in [0.29, 0.717) is 5.96 Å². The molecule has 1 aromatic rings. The minimum absolute atomic E-state index is 0.590. The van der Waals surface area contributed by atoms with Crippen molar-refractivity contribution in [3.05, 3.63) is 28.8 Å². The second-order valence-corrected chi connectivity index (χ2v) is 3.73. The summed E-state index contributed by atoms with van der Waals surface area (Å²) in [7, 11) is 0. The second kappa shape index (κ2) is 3.50. The lowest BCUT2D eigenvalue weighted by molar-refractivity contribution is 1.02. The molecular formula is C10H12ClN3. The Bertz CT molecular complexity index is 387. The van der Waals surface area contributed by atoms with Crippen molar-refractivity contribution in [2.75, 3.05) is 18.0 Å². The van der Waals surface area contributed by atoms with Gasteiger partial charge >= 0.3 is 0 Å². The van der Waals surface area contributed by atoms with Crippen LogP contribution in [0.4, 0.5) is 5.69 Å². The zero-order chi connectivity index (χ0) is 10.1. The van der Waals surface area contributed by atoms with E-state index < -0.39 is 0 Å². The first-order chi connectivity index (χ1) is 6.68. The summed E-state index contributed by atoms with van der Waals surface area (Å²) in [5, 5.41) is 0.781. The number of aliphatic imine (C=N–C) groups is 1. The van der Waals surface area contributed by atoms with E-state index in [1.807, 2.05) is 30.0 Å². The fourth-order valence-corrected chi connectivity index (χ4v) is 1.64. The van der Waals surface area contributed by atoms with Gasteiger partial charge in [0.25, 0.3) is 0 Å². The van der Waals surface area contributed by atoms with Crippen molar-refractivity contribution in [1.82, 2.24) is 0 Å². The van der Waals surface area contributed by atoms with Gasteiger partial charge in [-0.1, -0.05) is 11.6 Å². The number of guanidine groups is 1. The Balaban J connectivity index is 2.33. The smallest absolute Gasteiger partial charge is 0.195 e. The summed E-state index contributed by atoms with van der Waals surface area (Å²) in [6, 6.07) is 5.87. The summed E-state index contributed by atoms with van der Waals surface area (Å²) < 4.78 is 0. The summed E-state index contributed by atoms with van der Waals surface area (Å²) in [4.78, 5) is 6.12. The first-order valence-corrected chi connectivity index (χ1v) is 4.90. The maximum absolute atomic E-state index is 5.94. The summed E-state index contributed by atoms with van der Waals surface area (Å²) in [5.41, 5.74) is 7.86. The van der Waals surface area contributed by atoms with E-state index in [2.05, 4.69) is 4.99 Å². The van der Waals surface area contributed by atoms with Crippen LogP contribution in [0.1, 0.15) is 5.56 Å². The first-order valence-electron chi connectivity index (χ1n) is 4.52. The minimum Gasteiger partial charge on any atom is -0.370 e. The topological polar surface area (TPSA) is 41.6 Å². The van der Waals surface area contributed by atoms with Crippen molar-refractivity contribution in [3.63, 3.8) is 0 Å². The molecule has 0 spiro atoms. The number of aryl methyl sites for hydroxylation is 1. The number of anilines is 1. The molecule has 2 N–H and O–H groups in total. The normalized spacial score (nSPS) is 15.9. The molecule has 0 radical (unpaired) electrons. The minimum atomic E-state index is 0.590. The van der Waals surface area contributed by atoms with Gasteiger partial charge < -0.3 is 10.6 Å². The van der Waals surface area contributed by atoms with Crippen LogP contribution in [-0.2, 0) is 0 Å². The number of hydrogen-bond donors (Lipinski definition) is 1. The molecule has 0 saturated heterocycles. The van der Waals surface area contributed by atoms with Gasteiger partial charge in [0.05, 0.1) is 6.54 Å². The number of benzene rings is 1. The molecule has 0 aliphatic carbocycles. The predicted molar refractivity (Wildman–Crippen MR) is 60.0 cm³/mol. The van der Waals surface area contributed by atoms with E-state index in [0.717, 1.165) is 29.4 Å². The van der Waals surface area contributed by atoms with Crippen molar-refractivity contribution in [2.45, 2.75) is 6.92 Å². The van der Waals surface area contributed by atoms with Gasteiger partial charge in [0.15, 0.2) is 5.96 Å². The molecule has 0 saturated carbocycles. The third kappa shape index (κ3) is 1.55. The molecule has 0 unspecified atom stereocenters. The predicted octanol–water partition coefficient (Wildman–Crippen LogP) is 1.78. The van der Waals surface area contributed by atoms with E-state index in [-0.39, 0.29) is 0 Å². The zero-order valence-corrected chi connectivity index (χ0v) is 8.75. The zero-order valence-electron chi connectivity index (χ0n) is 8.00. The summed E-state index contributed by atoms with van der Waals surface area (Å²) in [5.74, 6) is 0.590. The lowest BCUT2D eigenvalue weighted by Crippen LogP contribution is -2.33. The molecule has 3 nitrogen and oxygen atoms in total. The molecule has 0 atom stereocenters. The summed E-state index contributed by atoms with van der Waals surface area (Å²) >= 11 is 5.94. The maximum atomic E-state index is 5.94. The Kier molecular flexibility index (Phi) is 2.33. The van der Waals surface area contributed by atoms with Crippen LogP contribution in [0, 0.1) is 6.92 Å². The second-order valence-electron chi connectivity index (χ2n) is 3.33. The molecule has 0 bridgehead atoms. The Hall–Kier alpha value is -1.22. The van der Waals surface area contributed by atoms with Crippen LogP contribution < -0.4 is 10.6 Å². The van der Waals surface area contributed by atoms with Gasteiger partial charge in [0.1, 0.15) is 0 Å². The van der Waals surface area contributed by atoms with Crippen LogP contribution in [-0.4, -0.2) is 19.0 Å². The van der Waals surface area contributed by atoms with E-state index in [9.17, 15) is 0 Å². The molecular weight excluding hydrogens is 198 g/mol. The Labute approximate surface area is 88.2 Å². The Morgan fingerprint density at radius 2 is 2.29 bits per heavy atom. The van der Waals surface area contributed by atoms with Gasteiger partial charge in [-0.25, -0.2) is 0 Å². The van der Waals surface area contributed by atoms with Crippen LogP contribution in [0.25, 0.3) is 0 Å². The van der Waals surface area contributed by atoms with Crippen molar-refractivity contribution < 1.29 is 0 Å². The van der Waals surface area contributed by atoms with E-state index in [1.165, 1.54) is 0 Å². The van der Waals surface area contributed by atoms with Gasteiger partial charge in [-0.3, -0.25) is 4.99 Å². The molecule has 1 heterocycles. The van der Waals surface area contributed by atoms with Gasteiger partial charge in [0.2, 0.25) is 0 Å². The van der Waals surface area contributed by atoms with Crippen LogP contribution in [0.15, 0.2) is 23.2 Å². The highest BCUT2D eigenvalue weighted by atomic mass is 35.5. The average molecular weight is 210 g/mol. The molecule has 74 valence electrons. The molecule has 0 aromatic heterocycles. The van der Waals surface area contributed by atoms with Crippen LogP contribution in [0.5, 0.6) is 0 Å². The fourth-order valence-electron chi connectivity index (χ4n) is 1.52. The monoisotopic (exact) mass is 209 g/mol. The van der Waals surface area contributed by atoms with Crippen molar-refractivity contribution in [1.29, 1.82) is 0 Å². The molecule has 2 rings (SSSR count). The lowest BCUT2D eigenvalue weighted by Gasteiger charge is -2.18. The third-order valence-electron chi connectivity index (χ3n) is 2.33.